The molecular weight excluding hydrogens is 328 g/mol. The summed E-state index contributed by atoms with van der Waals surface area (Å²) < 4.78 is 32.9. The zero-order valence-electron chi connectivity index (χ0n) is 14.4. The molecule has 134 valence electrons. The Hall–Kier alpha value is -2.53. The molecule has 0 saturated carbocycles. The van der Waals surface area contributed by atoms with Gasteiger partial charge in [0.05, 0.1) is 18.2 Å². The molecule has 0 radical (unpaired) electrons. The second kappa shape index (κ2) is 8.53. The van der Waals surface area contributed by atoms with Crippen molar-refractivity contribution in [3.63, 3.8) is 0 Å². The highest BCUT2D eigenvalue weighted by Gasteiger charge is 2.31. The van der Waals surface area contributed by atoms with Crippen molar-refractivity contribution in [3.05, 3.63) is 29.3 Å². The summed E-state index contributed by atoms with van der Waals surface area (Å²) in [6.07, 6.45) is -1.50. The molecule has 1 aromatic rings. The molecule has 0 aromatic heterocycles. The third-order valence-corrected chi connectivity index (χ3v) is 3.88. The van der Waals surface area contributed by atoms with Gasteiger partial charge in [0, 0.05) is 11.6 Å². The van der Waals surface area contributed by atoms with Crippen LogP contribution in [0, 0.1) is 11.3 Å². The van der Waals surface area contributed by atoms with Crippen LogP contribution in [0.3, 0.4) is 0 Å². The van der Waals surface area contributed by atoms with E-state index in [0.717, 1.165) is 5.56 Å². The van der Waals surface area contributed by atoms with E-state index in [1.807, 2.05) is 6.07 Å². The minimum atomic E-state index is -2.43. The van der Waals surface area contributed by atoms with E-state index in [1.165, 1.54) is 9.58 Å². The first kappa shape index (κ1) is 18.8. The van der Waals surface area contributed by atoms with E-state index in [0.29, 0.717) is 49.0 Å². The zero-order valence-corrected chi connectivity index (χ0v) is 14.4. The molecule has 25 heavy (non-hydrogen) atoms. The van der Waals surface area contributed by atoms with Crippen molar-refractivity contribution in [2.45, 2.75) is 26.2 Å². The number of hydrogen-bond donors (Lipinski definition) is 1. The van der Waals surface area contributed by atoms with Crippen LogP contribution in [0.5, 0.6) is 5.75 Å². The molecule has 1 aliphatic rings. The molecule has 0 amide bonds. The molecule has 2 rings (SSSR count). The van der Waals surface area contributed by atoms with Gasteiger partial charge in [0.15, 0.2) is 12.9 Å². The van der Waals surface area contributed by atoms with Crippen molar-refractivity contribution in [1.29, 1.82) is 5.26 Å². The van der Waals surface area contributed by atoms with Crippen LogP contribution >= 0.6 is 0 Å². The molecule has 0 atom stereocenters. The molecule has 8 heteroatoms. The number of hydrogen-bond acceptors (Lipinski definition) is 5. The summed E-state index contributed by atoms with van der Waals surface area (Å²) in [5.41, 5.74) is 6.99. The normalized spacial score (nSPS) is 13.9. The number of hydrazone groups is 1. The smallest absolute Gasteiger partial charge is 0.380 e. The van der Waals surface area contributed by atoms with Gasteiger partial charge in [0.25, 0.3) is 6.43 Å². The van der Waals surface area contributed by atoms with Crippen LogP contribution in [-0.2, 0) is 6.42 Å². The fraction of sp³-hybridized carbons (Fsp3) is 0.471. The van der Waals surface area contributed by atoms with E-state index in [-0.39, 0.29) is 6.54 Å². The number of ether oxygens (including phenoxy) is 1. The van der Waals surface area contributed by atoms with Gasteiger partial charge in [-0.3, -0.25) is 0 Å². The van der Waals surface area contributed by atoms with Crippen molar-refractivity contribution < 1.29 is 18.2 Å². The molecule has 0 bridgehead atoms. The molecule has 0 aliphatic carbocycles. The van der Waals surface area contributed by atoms with E-state index < -0.39 is 6.43 Å². The Morgan fingerprint density at radius 2 is 2.24 bits per heavy atom. The molecule has 0 fully saturated rings. The maximum atomic E-state index is 12.7. The van der Waals surface area contributed by atoms with Crippen LogP contribution in [0.15, 0.2) is 23.3 Å². The summed E-state index contributed by atoms with van der Waals surface area (Å²) in [4.78, 5) is 1.53. The lowest BCUT2D eigenvalue weighted by Crippen LogP contribution is -2.35. The van der Waals surface area contributed by atoms with Crippen molar-refractivity contribution in [2.75, 3.05) is 26.7 Å². The van der Waals surface area contributed by atoms with E-state index in [9.17, 15) is 8.78 Å². The third-order valence-electron chi connectivity index (χ3n) is 3.88. The Labute approximate surface area is 145 Å². The summed E-state index contributed by atoms with van der Waals surface area (Å²) in [6.45, 7) is 2.33. The predicted molar refractivity (Wildman–Crippen MR) is 91.0 cm³/mol. The monoisotopic (exact) mass is 350 g/mol. The van der Waals surface area contributed by atoms with Gasteiger partial charge in [0.2, 0.25) is 0 Å². The maximum absolute atomic E-state index is 12.7. The second-order valence-corrected chi connectivity index (χ2v) is 5.62. The lowest BCUT2D eigenvalue weighted by Gasteiger charge is -2.19. The minimum absolute atomic E-state index is 0.315. The van der Waals surface area contributed by atoms with Crippen LogP contribution in [0.1, 0.15) is 24.5 Å². The van der Waals surface area contributed by atoms with E-state index in [4.69, 9.17) is 15.7 Å². The molecule has 0 unspecified atom stereocenters. The molecule has 1 aliphatic heterocycles. The van der Waals surface area contributed by atoms with Gasteiger partial charge >= 0.3 is 5.90 Å². The van der Waals surface area contributed by atoms with Gasteiger partial charge in [-0.15, -0.1) is 0 Å². The summed E-state index contributed by atoms with van der Waals surface area (Å²) in [5.74, 6) is 1.60. The first-order valence-electron chi connectivity index (χ1n) is 8.09. The average molecular weight is 350 g/mol. The van der Waals surface area contributed by atoms with Gasteiger partial charge in [-0.1, -0.05) is 10.8 Å². The lowest BCUT2D eigenvalue weighted by atomic mass is 10.1. The van der Waals surface area contributed by atoms with Crippen molar-refractivity contribution in [1.82, 2.24) is 4.90 Å². The number of nitrogens with two attached hydrogens (primary N) is 1. The molecule has 0 saturated heterocycles. The number of rotatable bonds is 6. The van der Waals surface area contributed by atoms with Crippen LogP contribution < -0.4 is 10.5 Å². The number of nitriles is 1. The van der Waals surface area contributed by atoms with Crippen LogP contribution in [0.4, 0.5) is 8.78 Å². The van der Waals surface area contributed by atoms with E-state index in [2.05, 4.69) is 11.2 Å². The van der Waals surface area contributed by atoms with Crippen molar-refractivity contribution in [3.8, 4) is 11.8 Å². The average Bonchev–Trinajstić information content (AvgIpc) is 2.94. The number of halogens is 2. The number of nitrogens with zero attached hydrogens (tertiary/aromatic N) is 4. The Kier molecular flexibility index (Phi) is 6.42. The van der Waals surface area contributed by atoms with E-state index in [1.54, 1.807) is 26.1 Å². The van der Waals surface area contributed by atoms with Crippen molar-refractivity contribution >= 4 is 11.7 Å². The highest BCUT2D eigenvalue weighted by molar-refractivity contribution is 6.00. The highest BCUT2D eigenvalue weighted by atomic mass is 19.3. The Morgan fingerprint density at radius 1 is 1.48 bits per heavy atom. The predicted octanol–water partition coefficient (Wildman–Crippen LogP) is 1.78. The lowest BCUT2D eigenvalue weighted by molar-refractivity contribution is -0.506. The Morgan fingerprint density at radius 3 is 2.84 bits per heavy atom. The van der Waals surface area contributed by atoms with Crippen LogP contribution in [-0.4, -0.2) is 54.4 Å². The highest BCUT2D eigenvalue weighted by Crippen LogP contribution is 2.23. The molecule has 1 heterocycles. The fourth-order valence-corrected chi connectivity index (χ4v) is 2.58. The largest absolute Gasteiger partial charge is 0.406 e. The van der Waals surface area contributed by atoms with Crippen LogP contribution in [0.25, 0.3) is 0 Å². The second-order valence-electron chi connectivity index (χ2n) is 5.62. The van der Waals surface area contributed by atoms with Gasteiger partial charge in [-0.05, 0) is 37.6 Å². The van der Waals surface area contributed by atoms with Gasteiger partial charge in [-0.25, -0.2) is 8.78 Å². The zero-order chi connectivity index (χ0) is 18.4. The topological polar surface area (TPSA) is 77.6 Å². The quantitative estimate of drug-likeness (QED) is 0.794. The summed E-state index contributed by atoms with van der Waals surface area (Å²) >= 11 is 0. The van der Waals surface area contributed by atoms with Gasteiger partial charge in [-0.2, -0.15) is 5.26 Å². The standard InChI is InChI=1S/C17H22F2N5O/c1-3-24(11-15(18)19)16-9-17(23(2)22-16)25-14-8-12(10-21)4-5-13(14)6-7-20/h4-5,8,15H,3,6-7,9,11,20H2,1-2H3/q+1. The summed E-state index contributed by atoms with van der Waals surface area (Å²) in [6, 6.07) is 7.25. The van der Waals surface area contributed by atoms with Crippen LogP contribution in [0.2, 0.25) is 0 Å². The third kappa shape index (κ3) is 4.73. The molecule has 2 N–H and O–H groups in total. The Balaban J connectivity index is 2.17. The molecule has 6 nitrogen and oxygen atoms in total. The summed E-state index contributed by atoms with van der Waals surface area (Å²) in [7, 11) is 1.70. The number of benzene rings is 1. The Bertz CT molecular complexity index is 724. The first-order valence-corrected chi connectivity index (χ1v) is 8.09. The van der Waals surface area contributed by atoms with Gasteiger partial charge < -0.3 is 15.4 Å². The summed E-state index contributed by atoms with van der Waals surface area (Å²) in [5, 5.41) is 13.4. The minimum Gasteiger partial charge on any atom is -0.406 e. The van der Waals surface area contributed by atoms with E-state index >= 15 is 0 Å². The first-order chi connectivity index (χ1) is 12.0. The SMILES string of the molecule is CCN(CC(F)F)C1=N[N+](C)=C(Oc2cc(C#N)ccc2CCN)C1. The molecule has 0 spiro atoms. The molecular formula is C17H22F2N5O+. The van der Waals surface area contributed by atoms with Crippen molar-refractivity contribution in [2.24, 2.45) is 10.8 Å². The maximum Gasteiger partial charge on any atom is 0.380 e. The number of amidine groups is 1. The fourth-order valence-electron chi connectivity index (χ4n) is 2.58. The molecule has 1 aromatic carbocycles. The number of alkyl halides is 2. The van der Waals surface area contributed by atoms with Gasteiger partial charge in [0.1, 0.15) is 12.2 Å².